The molecule has 124 valence electrons. The number of oxime groups is 1. The topological polar surface area (TPSA) is 68.2 Å². The SMILES string of the molecule is CC(C)(C)/C(=N/OC(=O)N1CCOCC1)C(=O)c1ccccc1. The van der Waals surface area contributed by atoms with E-state index in [1.807, 2.05) is 26.8 Å². The molecule has 23 heavy (non-hydrogen) atoms. The van der Waals surface area contributed by atoms with Crippen molar-refractivity contribution in [2.24, 2.45) is 10.6 Å². The molecule has 1 heterocycles. The van der Waals surface area contributed by atoms with Crippen LogP contribution in [0.4, 0.5) is 4.79 Å². The van der Waals surface area contributed by atoms with E-state index in [0.29, 0.717) is 31.9 Å². The summed E-state index contributed by atoms with van der Waals surface area (Å²) >= 11 is 0. The number of ketones is 1. The quantitative estimate of drug-likeness (QED) is 0.372. The summed E-state index contributed by atoms with van der Waals surface area (Å²) in [6, 6.07) is 8.84. The molecule has 0 bridgehead atoms. The van der Waals surface area contributed by atoms with E-state index in [0.717, 1.165) is 0 Å². The molecular weight excluding hydrogens is 296 g/mol. The Hall–Kier alpha value is -2.21. The molecule has 6 heteroatoms. The van der Waals surface area contributed by atoms with Crippen LogP contribution in [-0.2, 0) is 9.57 Å². The first-order chi connectivity index (χ1) is 10.9. The van der Waals surface area contributed by atoms with Crippen LogP contribution in [0.5, 0.6) is 0 Å². The molecule has 6 nitrogen and oxygen atoms in total. The summed E-state index contributed by atoms with van der Waals surface area (Å²) in [5.74, 6) is -0.243. The molecule has 0 unspecified atom stereocenters. The Labute approximate surface area is 136 Å². The van der Waals surface area contributed by atoms with Crippen molar-refractivity contribution in [1.29, 1.82) is 0 Å². The summed E-state index contributed by atoms with van der Waals surface area (Å²) in [5, 5.41) is 3.88. The van der Waals surface area contributed by atoms with E-state index in [9.17, 15) is 9.59 Å². The average molecular weight is 318 g/mol. The highest BCUT2D eigenvalue weighted by Crippen LogP contribution is 2.20. The van der Waals surface area contributed by atoms with Crippen molar-refractivity contribution >= 4 is 17.6 Å². The zero-order chi connectivity index (χ0) is 16.9. The first kappa shape index (κ1) is 17.1. The van der Waals surface area contributed by atoms with E-state index in [4.69, 9.17) is 9.57 Å². The number of carbonyl (C=O) groups is 2. The van der Waals surface area contributed by atoms with Gasteiger partial charge in [-0.25, -0.2) is 4.79 Å². The fourth-order valence-corrected chi connectivity index (χ4v) is 2.13. The molecule has 1 aliphatic rings. The lowest BCUT2D eigenvalue weighted by atomic mass is 9.85. The molecular formula is C17H22N2O4. The van der Waals surface area contributed by atoms with Gasteiger partial charge in [0.05, 0.1) is 13.2 Å². The maximum atomic E-state index is 12.6. The van der Waals surface area contributed by atoms with Crippen LogP contribution in [-0.4, -0.2) is 48.8 Å². The third-order valence-corrected chi connectivity index (χ3v) is 3.45. The summed E-state index contributed by atoms with van der Waals surface area (Å²) in [6.45, 7) is 7.46. The van der Waals surface area contributed by atoms with E-state index in [1.165, 1.54) is 4.90 Å². The highest BCUT2D eigenvalue weighted by atomic mass is 16.7. The molecule has 0 atom stereocenters. The lowest BCUT2D eigenvalue weighted by Gasteiger charge is -2.25. The number of nitrogens with zero attached hydrogens (tertiary/aromatic N) is 2. The molecule has 1 fully saturated rings. The van der Waals surface area contributed by atoms with E-state index in [1.54, 1.807) is 24.3 Å². The van der Waals surface area contributed by atoms with Crippen molar-refractivity contribution in [2.45, 2.75) is 20.8 Å². The van der Waals surface area contributed by atoms with Gasteiger partial charge in [0.25, 0.3) is 0 Å². The Morgan fingerprint density at radius 3 is 2.30 bits per heavy atom. The number of hydrogen-bond acceptors (Lipinski definition) is 5. The maximum Gasteiger partial charge on any atom is 0.436 e. The Morgan fingerprint density at radius 1 is 1.13 bits per heavy atom. The molecule has 1 aromatic carbocycles. The summed E-state index contributed by atoms with van der Waals surface area (Å²) in [7, 11) is 0. The molecule has 1 aromatic rings. The number of carbonyl (C=O) groups excluding carboxylic acids is 2. The van der Waals surface area contributed by atoms with Crippen molar-refractivity contribution in [1.82, 2.24) is 4.90 Å². The van der Waals surface area contributed by atoms with Gasteiger partial charge in [-0.1, -0.05) is 56.3 Å². The zero-order valence-corrected chi connectivity index (χ0v) is 13.7. The van der Waals surface area contributed by atoms with Crippen LogP contribution in [0.15, 0.2) is 35.5 Å². The summed E-state index contributed by atoms with van der Waals surface area (Å²) in [5.41, 5.74) is 0.187. The number of morpholine rings is 1. The van der Waals surface area contributed by atoms with Crippen LogP contribution in [0.2, 0.25) is 0 Å². The molecule has 0 N–H and O–H groups in total. The van der Waals surface area contributed by atoms with Gasteiger partial charge in [-0.3, -0.25) is 9.63 Å². The molecule has 1 aliphatic heterocycles. The Bertz CT molecular complexity index is 584. The number of ether oxygens (including phenoxy) is 1. The molecule has 1 saturated heterocycles. The smallest absolute Gasteiger partial charge is 0.378 e. The van der Waals surface area contributed by atoms with Crippen LogP contribution in [0.3, 0.4) is 0 Å². The highest BCUT2D eigenvalue weighted by Gasteiger charge is 2.29. The van der Waals surface area contributed by atoms with Gasteiger partial charge in [0.2, 0.25) is 5.78 Å². The van der Waals surface area contributed by atoms with Crippen LogP contribution < -0.4 is 0 Å². The Kier molecular flexibility index (Phi) is 5.50. The molecule has 1 amide bonds. The molecule has 0 aromatic heterocycles. The largest absolute Gasteiger partial charge is 0.436 e. The van der Waals surface area contributed by atoms with Crippen LogP contribution in [0, 0.1) is 5.41 Å². The minimum absolute atomic E-state index is 0.213. The second-order valence-electron chi connectivity index (χ2n) is 6.34. The van der Waals surface area contributed by atoms with Crippen LogP contribution in [0.25, 0.3) is 0 Å². The Morgan fingerprint density at radius 2 is 1.74 bits per heavy atom. The van der Waals surface area contributed by atoms with Crippen molar-refractivity contribution < 1.29 is 19.2 Å². The number of amides is 1. The number of hydrogen-bond donors (Lipinski definition) is 0. The van der Waals surface area contributed by atoms with Crippen molar-refractivity contribution in [3.8, 4) is 0 Å². The van der Waals surface area contributed by atoms with Crippen molar-refractivity contribution in [3.63, 3.8) is 0 Å². The summed E-state index contributed by atoms with van der Waals surface area (Å²) in [6.07, 6.45) is -0.559. The van der Waals surface area contributed by atoms with Crippen molar-refractivity contribution in [2.75, 3.05) is 26.3 Å². The van der Waals surface area contributed by atoms with Crippen molar-refractivity contribution in [3.05, 3.63) is 35.9 Å². The van der Waals surface area contributed by atoms with Crippen LogP contribution in [0.1, 0.15) is 31.1 Å². The first-order valence-corrected chi connectivity index (χ1v) is 7.61. The summed E-state index contributed by atoms with van der Waals surface area (Å²) in [4.78, 5) is 31.2. The monoisotopic (exact) mass is 318 g/mol. The third-order valence-electron chi connectivity index (χ3n) is 3.45. The van der Waals surface area contributed by atoms with Crippen LogP contribution >= 0.6 is 0 Å². The van der Waals surface area contributed by atoms with Gasteiger partial charge in [0.15, 0.2) is 0 Å². The van der Waals surface area contributed by atoms with Gasteiger partial charge in [-0.05, 0) is 0 Å². The third kappa shape index (κ3) is 4.63. The molecule has 0 saturated carbocycles. The van der Waals surface area contributed by atoms with E-state index < -0.39 is 11.5 Å². The standard InChI is InChI=1S/C17H22N2O4/c1-17(2,3)15(14(20)13-7-5-4-6-8-13)18-23-16(21)19-9-11-22-12-10-19/h4-8H,9-12H2,1-3H3/b18-15+. The second kappa shape index (κ2) is 7.37. The second-order valence-corrected chi connectivity index (χ2v) is 6.34. The summed E-state index contributed by atoms with van der Waals surface area (Å²) < 4.78 is 5.19. The predicted molar refractivity (Wildman–Crippen MR) is 86.5 cm³/mol. The lowest BCUT2D eigenvalue weighted by molar-refractivity contribution is 0.0276. The number of benzene rings is 1. The van der Waals surface area contributed by atoms with Gasteiger partial charge in [0, 0.05) is 24.1 Å². The zero-order valence-electron chi connectivity index (χ0n) is 13.7. The molecule has 0 radical (unpaired) electrons. The fourth-order valence-electron chi connectivity index (χ4n) is 2.13. The van der Waals surface area contributed by atoms with Gasteiger partial charge >= 0.3 is 6.09 Å². The van der Waals surface area contributed by atoms with Gasteiger partial charge in [-0.15, -0.1) is 0 Å². The predicted octanol–water partition coefficient (Wildman–Crippen LogP) is 2.74. The minimum Gasteiger partial charge on any atom is -0.378 e. The molecule has 0 aliphatic carbocycles. The molecule has 2 rings (SSSR count). The van der Waals surface area contributed by atoms with Gasteiger partial charge in [0.1, 0.15) is 5.71 Å². The minimum atomic E-state index is -0.559. The Balaban J connectivity index is 2.15. The van der Waals surface area contributed by atoms with Gasteiger partial charge in [-0.2, -0.15) is 0 Å². The van der Waals surface area contributed by atoms with E-state index in [2.05, 4.69) is 5.16 Å². The van der Waals surface area contributed by atoms with E-state index >= 15 is 0 Å². The normalized spacial score (nSPS) is 16.1. The van der Waals surface area contributed by atoms with E-state index in [-0.39, 0.29) is 11.5 Å². The maximum absolute atomic E-state index is 12.6. The van der Waals surface area contributed by atoms with Gasteiger partial charge < -0.3 is 9.64 Å². The average Bonchev–Trinajstić information content (AvgIpc) is 2.55. The number of rotatable bonds is 3. The first-order valence-electron chi connectivity index (χ1n) is 7.61. The molecule has 0 spiro atoms. The lowest BCUT2D eigenvalue weighted by Crippen LogP contribution is -2.41. The number of Topliss-reactive ketones (excluding diaryl/α,β-unsaturated/α-hetero) is 1. The fraction of sp³-hybridized carbons (Fsp3) is 0.471. The highest BCUT2D eigenvalue weighted by molar-refractivity contribution is 6.47.